The summed E-state index contributed by atoms with van der Waals surface area (Å²) < 4.78 is 12.0. The van der Waals surface area contributed by atoms with Gasteiger partial charge in [0.25, 0.3) is 5.56 Å². The highest BCUT2D eigenvalue weighted by atomic mass is 16.5. The first-order chi connectivity index (χ1) is 16.4. The molecule has 0 saturated heterocycles. The molecule has 1 aliphatic carbocycles. The molecule has 0 fully saturated rings. The largest absolute Gasteiger partial charge is 0.494 e. The van der Waals surface area contributed by atoms with Crippen molar-refractivity contribution in [2.75, 3.05) is 19.5 Å². The fraction of sp³-hybridized carbons (Fsp3) is 0.148. The first-order valence-corrected chi connectivity index (χ1v) is 10.7. The summed E-state index contributed by atoms with van der Waals surface area (Å²) in [4.78, 5) is 40.0. The molecule has 170 valence electrons. The maximum absolute atomic E-state index is 13.8. The van der Waals surface area contributed by atoms with Crippen molar-refractivity contribution in [3.63, 3.8) is 0 Å². The maximum atomic E-state index is 13.8. The summed E-state index contributed by atoms with van der Waals surface area (Å²) in [6, 6.07) is 16.4. The first kappa shape index (κ1) is 21.5. The molecule has 1 heterocycles. The Morgan fingerprint density at radius 2 is 1.62 bits per heavy atom. The number of methoxy groups -OCH3 is 2. The number of carbonyl (C=O) groups is 2. The van der Waals surface area contributed by atoms with Gasteiger partial charge >= 0.3 is 5.97 Å². The normalized spacial score (nSPS) is 11.8. The van der Waals surface area contributed by atoms with Gasteiger partial charge in [0.15, 0.2) is 5.78 Å². The average molecular weight is 454 g/mol. The van der Waals surface area contributed by atoms with Crippen LogP contribution in [0.5, 0.6) is 5.75 Å². The lowest BCUT2D eigenvalue weighted by atomic mass is 9.81. The van der Waals surface area contributed by atoms with Crippen LogP contribution in [-0.2, 0) is 11.8 Å². The smallest absolute Gasteiger partial charge is 0.344 e. The Hall–Kier alpha value is -4.39. The van der Waals surface area contributed by atoms with Crippen molar-refractivity contribution in [1.29, 1.82) is 0 Å². The summed E-state index contributed by atoms with van der Waals surface area (Å²) in [5.74, 6) is -0.568. The first-order valence-electron chi connectivity index (χ1n) is 10.7. The summed E-state index contributed by atoms with van der Waals surface area (Å²) in [5, 5.41) is 3.80. The molecule has 1 aliphatic rings. The van der Waals surface area contributed by atoms with Crippen molar-refractivity contribution < 1.29 is 19.1 Å². The van der Waals surface area contributed by atoms with E-state index in [1.165, 1.54) is 18.8 Å². The fourth-order valence-corrected chi connectivity index (χ4v) is 4.60. The van der Waals surface area contributed by atoms with Gasteiger partial charge in [-0.3, -0.25) is 9.59 Å². The number of hydrogen-bond donors (Lipinski definition) is 1. The highest BCUT2D eigenvalue weighted by Crippen LogP contribution is 2.46. The van der Waals surface area contributed by atoms with Crippen LogP contribution < -0.4 is 15.6 Å². The Morgan fingerprint density at radius 3 is 2.26 bits per heavy atom. The minimum absolute atomic E-state index is 0.117. The number of carbonyl (C=O) groups excluding carboxylic acids is 2. The predicted molar refractivity (Wildman–Crippen MR) is 130 cm³/mol. The Morgan fingerprint density at radius 1 is 0.941 bits per heavy atom. The molecule has 4 aromatic rings. The molecule has 0 saturated carbocycles. The van der Waals surface area contributed by atoms with Crippen molar-refractivity contribution in [2.45, 2.75) is 6.92 Å². The van der Waals surface area contributed by atoms with Crippen LogP contribution in [0.2, 0.25) is 0 Å². The number of aromatic nitrogens is 1. The van der Waals surface area contributed by atoms with E-state index in [1.54, 1.807) is 37.4 Å². The quantitative estimate of drug-likeness (QED) is 0.400. The van der Waals surface area contributed by atoms with E-state index >= 15 is 0 Å². The molecule has 7 heteroatoms. The van der Waals surface area contributed by atoms with Gasteiger partial charge in [-0.1, -0.05) is 42.0 Å². The zero-order chi connectivity index (χ0) is 24.1. The van der Waals surface area contributed by atoms with Gasteiger partial charge in [-0.25, -0.2) is 4.79 Å². The number of aryl methyl sites for hydroxylation is 2. The van der Waals surface area contributed by atoms with E-state index < -0.39 is 11.5 Å². The van der Waals surface area contributed by atoms with E-state index in [0.29, 0.717) is 44.6 Å². The number of hydrogen-bond acceptors (Lipinski definition) is 6. The van der Waals surface area contributed by atoms with Gasteiger partial charge in [0.2, 0.25) is 0 Å². The lowest BCUT2D eigenvalue weighted by molar-refractivity contribution is 0.0599. The number of ketones is 1. The molecule has 0 aliphatic heterocycles. The summed E-state index contributed by atoms with van der Waals surface area (Å²) >= 11 is 0. The molecule has 0 atom stereocenters. The van der Waals surface area contributed by atoms with E-state index in [-0.39, 0.29) is 11.3 Å². The summed E-state index contributed by atoms with van der Waals surface area (Å²) in [7, 11) is 4.29. The number of nitrogens with zero attached hydrogens (tertiary/aromatic N) is 1. The van der Waals surface area contributed by atoms with Crippen LogP contribution in [0.1, 0.15) is 31.8 Å². The Balaban J connectivity index is 1.98. The number of nitrogens with one attached hydrogen (secondary N) is 1. The van der Waals surface area contributed by atoms with Crippen LogP contribution in [-0.4, -0.2) is 30.5 Å². The minimum Gasteiger partial charge on any atom is -0.494 e. The molecule has 34 heavy (non-hydrogen) atoms. The standard InChI is InChI=1S/C27H22N2O5/c1-14-9-11-15(12-10-14)28-18-13-19(33-3)24-22-20(23(27(32)34-4)26(31)29(24)2)16-7-5-6-8-17(16)25(30)21(18)22/h5-13,28H,1-4H3. The zero-order valence-electron chi connectivity index (χ0n) is 19.2. The van der Waals surface area contributed by atoms with Crippen LogP contribution in [0.3, 0.4) is 0 Å². The van der Waals surface area contributed by atoms with Gasteiger partial charge in [0.1, 0.15) is 11.3 Å². The Bertz CT molecular complexity index is 1570. The predicted octanol–water partition coefficient (Wildman–Crippen LogP) is 4.60. The molecule has 0 amide bonds. The van der Waals surface area contributed by atoms with Gasteiger partial charge in [-0.05, 0) is 24.6 Å². The van der Waals surface area contributed by atoms with E-state index in [2.05, 4.69) is 5.32 Å². The topological polar surface area (TPSA) is 86.6 Å². The summed E-state index contributed by atoms with van der Waals surface area (Å²) in [6.45, 7) is 1.99. The Labute approximate surface area is 195 Å². The fourth-order valence-electron chi connectivity index (χ4n) is 4.60. The number of benzene rings is 3. The van der Waals surface area contributed by atoms with E-state index in [0.717, 1.165) is 11.3 Å². The van der Waals surface area contributed by atoms with Crippen molar-refractivity contribution in [3.8, 4) is 16.9 Å². The van der Waals surface area contributed by atoms with Gasteiger partial charge in [0.05, 0.1) is 31.0 Å². The Kier molecular flexibility index (Phi) is 4.97. The van der Waals surface area contributed by atoms with Crippen molar-refractivity contribution in [2.24, 2.45) is 7.05 Å². The molecule has 7 nitrogen and oxygen atoms in total. The number of fused-ring (bicyclic) bond motifs is 2. The zero-order valence-corrected chi connectivity index (χ0v) is 19.2. The molecular formula is C27H22N2O5. The number of anilines is 2. The summed E-state index contributed by atoms with van der Waals surface area (Å²) in [6.07, 6.45) is 0. The van der Waals surface area contributed by atoms with Crippen molar-refractivity contribution in [1.82, 2.24) is 4.57 Å². The van der Waals surface area contributed by atoms with Crippen molar-refractivity contribution in [3.05, 3.63) is 87.2 Å². The lowest BCUT2D eigenvalue weighted by Crippen LogP contribution is -2.29. The maximum Gasteiger partial charge on any atom is 0.344 e. The second-order valence-corrected chi connectivity index (χ2v) is 8.20. The summed E-state index contributed by atoms with van der Waals surface area (Å²) in [5.41, 5.74) is 3.86. The van der Waals surface area contributed by atoms with Crippen LogP contribution in [0.4, 0.5) is 11.4 Å². The van der Waals surface area contributed by atoms with Crippen molar-refractivity contribution >= 4 is 34.0 Å². The number of pyridine rings is 1. The number of esters is 1. The SMILES string of the molecule is COC(=O)c1c2c3c(c(Nc4ccc(C)cc4)cc(OC)c3n(C)c1=O)C(=O)c1ccccc1-2. The van der Waals surface area contributed by atoms with Gasteiger partial charge in [-0.15, -0.1) is 0 Å². The van der Waals surface area contributed by atoms with Crippen LogP contribution in [0, 0.1) is 6.92 Å². The van der Waals surface area contributed by atoms with Crippen LogP contribution in [0.25, 0.3) is 22.0 Å². The highest BCUT2D eigenvalue weighted by Gasteiger charge is 2.35. The molecular weight excluding hydrogens is 432 g/mol. The van der Waals surface area contributed by atoms with Gasteiger partial charge < -0.3 is 19.4 Å². The number of rotatable bonds is 4. The lowest BCUT2D eigenvalue weighted by Gasteiger charge is -2.26. The second-order valence-electron chi connectivity index (χ2n) is 8.20. The van der Waals surface area contributed by atoms with Gasteiger partial charge in [0, 0.05) is 35.3 Å². The third-order valence-corrected chi connectivity index (χ3v) is 6.23. The molecule has 0 bridgehead atoms. The minimum atomic E-state index is -0.761. The molecule has 5 rings (SSSR count). The second kappa shape index (κ2) is 7.88. The third-order valence-electron chi connectivity index (χ3n) is 6.23. The average Bonchev–Trinajstić information content (AvgIpc) is 2.85. The van der Waals surface area contributed by atoms with E-state index in [9.17, 15) is 14.4 Å². The highest BCUT2D eigenvalue weighted by molar-refractivity contribution is 6.30. The van der Waals surface area contributed by atoms with Crippen LogP contribution in [0.15, 0.2) is 59.4 Å². The monoisotopic (exact) mass is 454 g/mol. The molecule has 0 unspecified atom stereocenters. The molecule has 0 radical (unpaired) electrons. The van der Waals surface area contributed by atoms with Gasteiger partial charge in [-0.2, -0.15) is 0 Å². The van der Waals surface area contributed by atoms with E-state index in [4.69, 9.17) is 9.47 Å². The third kappa shape index (κ3) is 3.01. The molecule has 1 N–H and O–H groups in total. The molecule has 0 spiro atoms. The van der Waals surface area contributed by atoms with Crippen LogP contribution >= 0.6 is 0 Å². The van der Waals surface area contributed by atoms with E-state index in [1.807, 2.05) is 31.2 Å². The molecule has 3 aromatic carbocycles. The molecule has 1 aromatic heterocycles. The number of ether oxygens (including phenoxy) is 2.